The molecule has 0 radical (unpaired) electrons. The number of primary amides is 1. The van der Waals surface area contributed by atoms with Crippen molar-refractivity contribution in [1.82, 2.24) is 14.7 Å². The zero-order valence-electron chi connectivity index (χ0n) is 17.8. The maximum Gasteiger partial charge on any atom is 0.272 e. The summed E-state index contributed by atoms with van der Waals surface area (Å²) in [6.07, 6.45) is 0.667. The summed E-state index contributed by atoms with van der Waals surface area (Å²) in [5.41, 5.74) is 6.25. The second-order valence-electron chi connectivity index (χ2n) is 8.95. The van der Waals surface area contributed by atoms with Crippen LogP contribution in [-0.4, -0.2) is 81.9 Å². The average Bonchev–Trinajstić information content (AvgIpc) is 3.34. The first-order valence-electron chi connectivity index (χ1n) is 9.98. The summed E-state index contributed by atoms with van der Waals surface area (Å²) >= 11 is 0. The second-order valence-corrected chi connectivity index (χ2v) is 11.9. The minimum absolute atomic E-state index is 0.0379. The Hall–Kier alpha value is -1.98. The summed E-state index contributed by atoms with van der Waals surface area (Å²) in [4.78, 5) is 26.2. The van der Waals surface area contributed by atoms with Gasteiger partial charge in [0.05, 0.1) is 28.8 Å². The third kappa shape index (κ3) is 3.74. The Balaban J connectivity index is 1.79. The molecule has 1 atom stereocenters. The van der Waals surface area contributed by atoms with Crippen LogP contribution in [-0.2, 0) is 28.0 Å². The fourth-order valence-corrected chi connectivity index (χ4v) is 6.43. The molecular weight excluding hydrogens is 412 g/mol. The molecule has 1 aliphatic carbocycles. The highest BCUT2D eigenvalue weighted by Crippen LogP contribution is 2.49. The maximum absolute atomic E-state index is 13.4. The quantitative estimate of drug-likeness (QED) is 0.531. The van der Waals surface area contributed by atoms with Crippen LogP contribution in [0.2, 0.25) is 0 Å². The molecule has 3 rings (SSSR count). The number of hydrogen-bond donors (Lipinski definition) is 2. The molecule has 2 amide bonds. The number of aliphatic hydroxyl groups excluding tert-OH is 1. The molecular formula is C19H30N4O6S. The van der Waals surface area contributed by atoms with Crippen molar-refractivity contribution in [3.05, 3.63) is 17.0 Å². The lowest BCUT2D eigenvalue weighted by atomic mass is 10.0. The van der Waals surface area contributed by atoms with E-state index in [1.165, 1.54) is 9.58 Å². The third-order valence-corrected chi connectivity index (χ3v) is 9.14. The van der Waals surface area contributed by atoms with Crippen LogP contribution >= 0.6 is 0 Å². The Labute approximate surface area is 176 Å². The highest BCUT2D eigenvalue weighted by Gasteiger charge is 2.61. The van der Waals surface area contributed by atoms with E-state index in [2.05, 4.69) is 5.10 Å². The predicted octanol–water partition coefficient (Wildman–Crippen LogP) is -0.359. The van der Waals surface area contributed by atoms with Crippen LogP contribution in [0.15, 0.2) is 0 Å². The van der Waals surface area contributed by atoms with Crippen molar-refractivity contribution in [3.63, 3.8) is 0 Å². The van der Waals surface area contributed by atoms with Gasteiger partial charge in [0, 0.05) is 25.7 Å². The fourth-order valence-electron chi connectivity index (χ4n) is 4.06. The molecule has 30 heavy (non-hydrogen) atoms. The average molecular weight is 443 g/mol. The summed E-state index contributed by atoms with van der Waals surface area (Å²) in [7, 11) is -2.07. The molecule has 0 bridgehead atoms. The lowest BCUT2D eigenvalue weighted by Gasteiger charge is -2.35. The minimum atomic E-state index is -3.64. The zero-order valence-corrected chi connectivity index (χ0v) is 18.7. The maximum atomic E-state index is 13.4. The number of amides is 2. The van der Waals surface area contributed by atoms with Gasteiger partial charge in [-0.3, -0.25) is 14.3 Å². The Bertz CT molecular complexity index is 962. The van der Waals surface area contributed by atoms with Crippen molar-refractivity contribution in [2.45, 2.75) is 55.6 Å². The van der Waals surface area contributed by atoms with E-state index in [1.54, 1.807) is 27.8 Å². The summed E-state index contributed by atoms with van der Waals surface area (Å²) in [5.74, 6) is -1.03. The number of aliphatic hydroxyl groups is 1. The molecule has 11 heteroatoms. The van der Waals surface area contributed by atoms with Crippen LogP contribution in [0.1, 0.15) is 60.2 Å². The molecule has 168 valence electrons. The zero-order chi connectivity index (χ0) is 22.5. The van der Waals surface area contributed by atoms with E-state index in [9.17, 15) is 23.1 Å². The van der Waals surface area contributed by atoms with Crippen LogP contribution < -0.4 is 5.73 Å². The lowest BCUT2D eigenvalue weighted by molar-refractivity contribution is 0.0379. The first kappa shape index (κ1) is 22.7. The molecule has 2 heterocycles. The molecule has 1 saturated carbocycles. The van der Waals surface area contributed by atoms with Gasteiger partial charge in [-0.05, 0) is 40.0 Å². The van der Waals surface area contributed by atoms with Crippen LogP contribution in [0, 0.1) is 0 Å². The number of aryl methyl sites for hydroxylation is 1. The molecule has 1 unspecified atom stereocenters. The normalized spacial score (nSPS) is 19.5. The molecule has 0 aromatic carbocycles. The number of carbonyl (C=O) groups excluding carboxylic acids is 2. The van der Waals surface area contributed by atoms with Gasteiger partial charge in [0.15, 0.2) is 15.5 Å². The minimum Gasteiger partial charge on any atom is -0.391 e. The van der Waals surface area contributed by atoms with Crippen molar-refractivity contribution < 1.29 is 27.9 Å². The molecule has 0 saturated heterocycles. The largest absolute Gasteiger partial charge is 0.391 e. The summed E-state index contributed by atoms with van der Waals surface area (Å²) in [6.45, 7) is 5.20. The molecule has 0 spiro atoms. The Kier molecular flexibility index (Phi) is 5.76. The van der Waals surface area contributed by atoms with Gasteiger partial charge >= 0.3 is 0 Å². The van der Waals surface area contributed by atoms with Gasteiger partial charge in [0.25, 0.3) is 11.8 Å². The van der Waals surface area contributed by atoms with E-state index in [4.69, 9.17) is 10.5 Å². The van der Waals surface area contributed by atoms with E-state index in [-0.39, 0.29) is 37.1 Å². The molecule has 1 aromatic rings. The number of hydrogen-bond acceptors (Lipinski definition) is 7. The van der Waals surface area contributed by atoms with Gasteiger partial charge in [0.2, 0.25) is 0 Å². The highest BCUT2D eigenvalue weighted by molar-refractivity contribution is 7.94. The predicted molar refractivity (Wildman–Crippen MR) is 109 cm³/mol. The van der Waals surface area contributed by atoms with Crippen molar-refractivity contribution in [3.8, 4) is 0 Å². The number of aromatic nitrogens is 2. The van der Waals surface area contributed by atoms with Gasteiger partial charge in [-0.2, -0.15) is 5.10 Å². The molecule has 2 aliphatic rings. The molecule has 1 fully saturated rings. The number of nitrogens with two attached hydrogens (primary N) is 1. The Morgan fingerprint density at radius 3 is 2.57 bits per heavy atom. The summed E-state index contributed by atoms with van der Waals surface area (Å²) in [6, 6.07) is 0. The number of rotatable bonds is 9. The van der Waals surface area contributed by atoms with Crippen LogP contribution in [0.4, 0.5) is 0 Å². The second kappa shape index (κ2) is 7.61. The van der Waals surface area contributed by atoms with E-state index in [0.29, 0.717) is 31.4 Å². The Morgan fingerprint density at radius 1 is 1.40 bits per heavy atom. The van der Waals surface area contributed by atoms with Crippen LogP contribution in [0.25, 0.3) is 0 Å². The molecule has 3 N–H and O–H groups in total. The van der Waals surface area contributed by atoms with Crippen molar-refractivity contribution >= 4 is 21.7 Å². The van der Waals surface area contributed by atoms with Gasteiger partial charge in [0.1, 0.15) is 5.69 Å². The standard InChI is InChI=1S/C19H30N4O6S/c1-12(24)9-29-11-18(2,3)30(27,28)19(6-7-19)10-23-8-5-13-14(16(20)25)21-22(4)15(13)17(23)26/h12,24H,5-11H2,1-4H3,(H2,20,25). The molecule has 10 nitrogen and oxygen atoms in total. The van der Waals surface area contributed by atoms with E-state index in [0.717, 1.165) is 0 Å². The smallest absolute Gasteiger partial charge is 0.272 e. The van der Waals surface area contributed by atoms with Gasteiger partial charge in [-0.25, -0.2) is 8.42 Å². The molecule has 1 aliphatic heterocycles. The van der Waals surface area contributed by atoms with Gasteiger partial charge in [-0.15, -0.1) is 0 Å². The van der Waals surface area contributed by atoms with Crippen molar-refractivity contribution in [1.29, 1.82) is 0 Å². The highest BCUT2D eigenvalue weighted by atomic mass is 32.2. The van der Waals surface area contributed by atoms with Gasteiger partial charge < -0.3 is 20.5 Å². The third-order valence-electron chi connectivity index (χ3n) is 5.89. The van der Waals surface area contributed by atoms with E-state index in [1.807, 2.05) is 0 Å². The van der Waals surface area contributed by atoms with E-state index < -0.39 is 31.3 Å². The van der Waals surface area contributed by atoms with E-state index >= 15 is 0 Å². The van der Waals surface area contributed by atoms with Crippen LogP contribution in [0.3, 0.4) is 0 Å². The van der Waals surface area contributed by atoms with Crippen molar-refractivity contribution in [2.75, 3.05) is 26.3 Å². The number of sulfone groups is 1. The van der Waals surface area contributed by atoms with Crippen LogP contribution in [0.5, 0.6) is 0 Å². The molecule has 1 aromatic heterocycles. The van der Waals surface area contributed by atoms with Gasteiger partial charge in [-0.1, -0.05) is 0 Å². The SMILES string of the molecule is CC(O)COCC(C)(C)S(=O)(=O)C1(CN2CCc3c(C(N)=O)nn(C)c3C2=O)CC1. The number of ether oxygens (including phenoxy) is 1. The number of nitrogens with zero attached hydrogens (tertiary/aromatic N) is 3. The topological polar surface area (TPSA) is 145 Å². The fraction of sp³-hybridized carbons (Fsp3) is 0.737. The summed E-state index contributed by atoms with van der Waals surface area (Å²) < 4.78 is 31.5. The first-order valence-corrected chi connectivity index (χ1v) is 11.5. The first-order chi connectivity index (χ1) is 13.8. The number of carbonyl (C=O) groups is 2. The number of fused-ring (bicyclic) bond motifs is 1. The lowest BCUT2D eigenvalue weighted by Crippen LogP contribution is -2.52. The van der Waals surface area contributed by atoms with Crippen molar-refractivity contribution in [2.24, 2.45) is 12.8 Å². The summed E-state index contributed by atoms with van der Waals surface area (Å²) in [5, 5.41) is 13.4. The monoisotopic (exact) mass is 442 g/mol. The Morgan fingerprint density at radius 2 is 2.03 bits per heavy atom.